The highest BCUT2D eigenvalue weighted by molar-refractivity contribution is 7.88. The second-order valence-corrected chi connectivity index (χ2v) is 15.6. The van der Waals surface area contributed by atoms with E-state index in [1.807, 2.05) is 32.8 Å². The predicted octanol–water partition coefficient (Wildman–Crippen LogP) is 0.274. The van der Waals surface area contributed by atoms with Gasteiger partial charge in [0.2, 0.25) is 21.8 Å². The number of amides is 2. The SMILES string of the molecule is C[C@H]1CN(C)C(=O)C[C@H](CCCCNS(C)(=O)=O)NC(=O)[C@H](C)[C@@H](O)[C@H](C)[C@@H](O[C@@H]2O[C@H](C)C[C@H](N(C)C)[C@H]2O)[C@](C)(O)C1. The zero-order valence-electron chi connectivity index (χ0n) is 28.0. The Morgan fingerprint density at radius 1 is 1.14 bits per heavy atom. The van der Waals surface area contributed by atoms with Crippen LogP contribution in [-0.4, -0.2) is 134 Å². The van der Waals surface area contributed by atoms with Crippen LogP contribution >= 0.6 is 0 Å². The van der Waals surface area contributed by atoms with E-state index in [9.17, 15) is 33.3 Å². The Morgan fingerprint density at radius 2 is 1.77 bits per heavy atom. The molecule has 2 aliphatic heterocycles. The maximum Gasteiger partial charge on any atom is 0.225 e. The number of hydrogen-bond acceptors (Lipinski definition) is 10. The summed E-state index contributed by atoms with van der Waals surface area (Å²) in [6.07, 6.45) is -1.03. The minimum atomic E-state index is -3.31. The Morgan fingerprint density at radius 3 is 2.36 bits per heavy atom. The molecule has 44 heavy (non-hydrogen) atoms. The quantitative estimate of drug-likeness (QED) is 0.218. The standard InChI is InChI=1S/C30H58N4O9S/c1-18-16-30(5,39)27(43-29-26(37)23(33(6)7)14-19(2)42-29)20(3)25(36)21(4)28(38)32-22(15-24(35)34(8)17-18)12-10-11-13-31-44(9,40)41/h18-23,25-27,29,31,36-37,39H,10-17H2,1-9H3,(H,32,38)/t18-,19-,20+,21-,22+,23+,25+,26-,27-,29+,30-/m1/s1. The van der Waals surface area contributed by atoms with E-state index in [2.05, 4.69) is 10.0 Å². The monoisotopic (exact) mass is 650 g/mol. The predicted molar refractivity (Wildman–Crippen MR) is 167 cm³/mol. The van der Waals surface area contributed by atoms with Crippen LogP contribution in [0.4, 0.5) is 0 Å². The van der Waals surface area contributed by atoms with Crippen molar-refractivity contribution in [2.24, 2.45) is 17.8 Å². The van der Waals surface area contributed by atoms with Crippen molar-refractivity contribution in [2.75, 3.05) is 40.5 Å². The van der Waals surface area contributed by atoms with Gasteiger partial charge < -0.3 is 39.9 Å². The number of sulfonamides is 1. The number of carbonyl (C=O) groups is 2. The van der Waals surface area contributed by atoms with Gasteiger partial charge in [-0.2, -0.15) is 0 Å². The van der Waals surface area contributed by atoms with E-state index in [4.69, 9.17) is 9.47 Å². The lowest BCUT2D eigenvalue weighted by atomic mass is 9.77. The Bertz CT molecular complexity index is 1040. The minimum absolute atomic E-state index is 0.0527. The van der Waals surface area contributed by atoms with E-state index >= 15 is 0 Å². The number of aliphatic hydroxyl groups excluding tert-OH is 2. The molecule has 0 unspecified atom stereocenters. The number of hydrogen-bond donors (Lipinski definition) is 5. The van der Waals surface area contributed by atoms with Crippen molar-refractivity contribution in [2.45, 2.75) is 122 Å². The second kappa shape index (κ2) is 16.4. The average Bonchev–Trinajstić information content (AvgIpc) is 2.89. The van der Waals surface area contributed by atoms with E-state index in [0.29, 0.717) is 32.2 Å². The fourth-order valence-corrected chi connectivity index (χ4v) is 7.09. The third-order valence-corrected chi connectivity index (χ3v) is 9.72. The van der Waals surface area contributed by atoms with Crippen molar-refractivity contribution >= 4 is 21.8 Å². The molecule has 2 rings (SSSR count). The van der Waals surface area contributed by atoms with E-state index in [1.165, 1.54) is 0 Å². The van der Waals surface area contributed by atoms with Crippen molar-refractivity contribution in [3.8, 4) is 0 Å². The number of unbranched alkanes of at least 4 members (excludes halogenated alkanes) is 1. The Balaban J connectivity index is 2.33. The van der Waals surface area contributed by atoms with Gasteiger partial charge in [-0.1, -0.05) is 27.2 Å². The van der Waals surface area contributed by atoms with Crippen LogP contribution in [0.5, 0.6) is 0 Å². The van der Waals surface area contributed by atoms with Crippen molar-refractivity contribution in [3.63, 3.8) is 0 Å². The lowest BCUT2D eigenvalue weighted by molar-refractivity contribution is -0.299. The fourth-order valence-electron chi connectivity index (χ4n) is 6.58. The molecule has 2 heterocycles. The summed E-state index contributed by atoms with van der Waals surface area (Å²) in [7, 11) is 2.12. The van der Waals surface area contributed by atoms with Crippen LogP contribution in [0.1, 0.15) is 73.1 Å². The number of likely N-dealkylation sites (N-methyl/N-ethyl adjacent to an activating group) is 1. The molecule has 0 aromatic rings. The van der Waals surface area contributed by atoms with Gasteiger partial charge in [-0.25, -0.2) is 13.1 Å². The van der Waals surface area contributed by atoms with Crippen LogP contribution in [-0.2, 0) is 29.1 Å². The normalized spacial score (nSPS) is 38.8. The molecule has 0 aliphatic carbocycles. The fraction of sp³-hybridized carbons (Fsp3) is 0.933. The van der Waals surface area contributed by atoms with Gasteiger partial charge in [0.05, 0.1) is 36.1 Å². The van der Waals surface area contributed by atoms with E-state index < -0.39 is 64.0 Å². The van der Waals surface area contributed by atoms with Gasteiger partial charge in [-0.3, -0.25) is 9.59 Å². The summed E-state index contributed by atoms with van der Waals surface area (Å²) in [5.41, 5.74) is -1.51. The summed E-state index contributed by atoms with van der Waals surface area (Å²) in [5.74, 6) is -2.44. The van der Waals surface area contributed by atoms with Crippen LogP contribution in [0, 0.1) is 17.8 Å². The third-order valence-electron chi connectivity index (χ3n) is 9.00. The summed E-state index contributed by atoms with van der Waals surface area (Å²) in [6.45, 7) is 9.34. The van der Waals surface area contributed by atoms with E-state index in [0.717, 1.165) is 6.26 Å². The molecule has 2 amide bonds. The Kier molecular flexibility index (Phi) is 14.5. The number of ether oxygens (including phenoxy) is 2. The summed E-state index contributed by atoms with van der Waals surface area (Å²) in [4.78, 5) is 30.1. The van der Waals surface area contributed by atoms with Gasteiger partial charge in [-0.15, -0.1) is 0 Å². The largest absolute Gasteiger partial charge is 0.392 e. The summed E-state index contributed by atoms with van der Waals surface area (Å²) in [6, 6.07) is -0.751. The molecule has 14 heteroatoms. The maximum atomic E-state index is 13.4. The molecule has 2 fully saturated rings. The van der Waals surface area contributed by atoms with Gasteiger partial charge in [0.1, 0.15) is 6.10 Å². The summed E-state index contributed by atoms with van der Waals surface area (Å²) < 4.78 is 37.6. The molecule has 0 aromatic heterocycles. The molecular weight excluding hydrogens is 592 g/mol. The maximum absolute atomic E-state index is 13.4. The molecule has 0 spiro atoms. The zero-order valence-corrected chi connectivity index (χ0v) is 28.8. The summed E-state index contributed by atoms with van der Waals surface area (Å²) in [5, 5.41) is 37.4. The highest BCUT2D eigenvalue weighted by atomic mass is 32.2. The topological polar surface area (TPSA) is 178 Å². The average molecular weight is 651 g/mol. The first-order chi connectivity index (χ1) is 20.2. The summed E-state index contributed by atoms with van der Waals surface area (Å²) >= 11 is 0. The van der Waals surface area contributed by atoms with Gasteiger partial charge in [-0.05, 0) is 59.5 Å². The van der Waals surface area contributed by atoms with Gasteiger partial charge in [0.25, 0.3) is 0 Å². The molecule has 2 saturated heterocycles. The van der Waals surface area contributed by atoms with Gasteiger partial charge in [0, 0.05) is 44.6 Å². The van der Waals surface area contributed by atoms with Crippen LogP contribution in [0.3, 0.4) is 0 Å². The molecule has 5 N–H and O–H groups in total. The molecule has 11 atom stereocenters. The molecular formula is C30H58N4O9S. The van der Waals surface area contributed by atoms with Crippen molar-refractivity contribution < 1.29 is 42.8 Å². The lowest BCUT2D eigenvalue weighted by Crippen LogP contribution is -2.59. The van der Waals surface area contributed by atoms with E-state index in [1.54, 1.807) is 32.7 Å². The van der Waals surface area contributed by atoms with Crippen molar-refractivity contribution in [1.82, 2.24) is 19.8 Å². The highest BCUT2D eigenvalue weighted by Crippen LogP contribution is 2.35. The zero-order chi connectivity index (χ0) is 33.6. The highest BCUT2D eigenvalue weighted by Gasteiger charge is 2.47. The second-order valence-electron chi connectivity index (χ2n) is 13.8. The number of aliphatic hydroxyl groups is 3. The van der Waals surface area contributed by atoms with Gasteiger partial charge >= 0.3 is 0 Å². The van der Waals surface area contributed by atoms with Crippen LogP contribution < -0.4 is 10.0 Å². The lowest BCUT2D eigenvalue weighted by Gasteiger charge is -2.46. The van der Waals surface area contributed by atoms with Crippen LogP contribution in [0.15, 0.2) is 0 Å². The number of nitrogens with one attached hydrogen (secondary N) is 2. The van der Waals surface area contributed by atoms with Crippen LogP contribution in [0.25, 0.3) is 0 Å². The van der Waals surface area contributed by atoms with E-state index in [-0.39, 0.29) is 43.4 Å². The number of nitrogens with zero attached hydrogens (tertiary/aromatic N) is 2. The first-order valence-electron chi connectivity index (χ1n) is 15.8. The first-order valence-corrected chi connectivity index (χ1v) is 17.7. The first kappa shape index (κ1) is 38.8. The third kappa shape index (κ3) is 11.4. The molecule has 13 nitrogen and oxygen atoms in total. The smallest absolute Gasteiger partial charge is 0.225 e. The Labute approximate surface area is 264 Å². The molecule has 0 aromatic carbocycles. The number of rotatable bonds is 9. The minimum Gasteiger partial charge on any atom is -0.392 e. The molecule has 258 valence electrons. The Hall–Kier alpha value is -1.39. The van der Waals surface area contributed by atoms with Crippen molar-refractivity contribution in [1.29, 1.82) is 0 Å². The van der Waals surface area contributed by atoms with Gasteiger partial charge in [0.15, 0.2) is 6.29 Å². The molecule has 0 radical (unpaired) electrons. The molecule has 2 aliphatic rings. The molecule has 0 bridgehead atoms. The van der Waals surface area contributed by atoms with Crippen molar-refractivity contribution in [3.05, 3.63) is 0 Å². The number of carbonyl (C=O) groups excluding carboxylic acids is 2. The molecule has 0 saturated carbocycles. The van der Waals surface area contributed by atoms with Crippen LogP contribution in [0.2, 0.25) is 0 Å².